The second kappa shape index (κ2) is 6.14. The van der Waals surface area contributed by atoms with Crippen molar-refractivity contribution in [2.24, 2.45) is 10.9 Å². The van der Waals surface area contributed by atoms with E-state index in [9.17, 15) is 0 Å². The molecule has 0 saturated carbocycles. The summed E-state index contributed by atoms with van der Waals surface area (Å²) in [5, 5.41) is 12.4. The summed E-state index contributed by atoms with van der Waals surface area (Å²) in [6.07, 6.45) is 5.13. The number of amidine groups is 1. The summed E-state index contributed by atoms with van der Waals surface area (Å²) >= 11 is 1.47. The molecule has 2 rings (SSSR count). The average Bonchev–Trinajstić information content (AvgIpc) is 2.46. The van der Waals surface area contributed by atoms with Crippen LogP contribution in [0.1, 0.15) is 16.8 Å². The van der Waals surface area contributed by atoms with Crippen LogP contribution in [0.3, 0.4) is 0 Å². The first-order valence-electron chi connectivity index (χ1n) is 5.54. The lowest BCUT2D eigenvalue weighted by Crippen LogP contribution is -2.17. The van der Waals surface area contributed by atoms with Crippen LogP contribution in [0.5, 0.6) is 0 Å². The highest BCUT2D eigenvalue weighted by Gasteiger charge is 2.09. The number of pyridine rings is 1. The van der Waals surface area contributed by atoms with Gasteiger partial charge in [0.2, 0.25) is 0 Å². The summed E-state index contributed by atoms with van der Waals surface area (Å²) < 4.78 is 0. The van der Waals surface area contributed by atoms with Gasteiger partial charge in [0.15, 0.2) is 11.0 Å². The first-order valence-corrected chi connectivity index (χ1v) is 6.52. The monoisotopic (exact) mass is 275 g/mol. The van der Waals surface area contributed by atoms with Gasteiger partial charge in [0, 0.05) is 24.3 Å². The van der Waals surface area contributed by atoms with E-state index in [-0.39, 0.29) is 5.84 Å². The van der Waals surface area contributed by atoms with Crippen LogP contribution in [0.4, 0.5) is 0 Å². The first kappa shape index (κ1) is 13.3. The predicted octanol–water partition coefficient (Wildman–Crippen LogP) is 1.57. The maximum atomic E-state index is 8.72. The van der Waals surface area contributed by atoms with Gasteiger partial charge in [0.25, 0.3) is 0 Å². The molecule has 0 radical (unpaired) electrons. The van der Waals surface area contributed by atoms with Crippen molar-refractivity contribution < 1.29 is 5.21 Å². The zero-order chi connectivity index (χ0) is 13.7. The Labute approximate surface area is 114 Å². The molecule has 2 aromatic heterocycles. The molecule has 6 nitrogen and oxygen atoms in total. The number of aryl methyl sites for hydroxylation is 1. The summed E-state index contributed by atoms with van der Waals surface area (Å²) in [4.78, 5) is 12.5. The average molecular weight is 275 g/mol. The second-order valence-electron chi connectivity index (χ2n) is 3.83. The summed E-state index contributed by atoms with van der Waals surface area (Å²) in [6.45, 7) is 1.94. The van der Waals surface area contributed by atoms with Crippen molar-refractivity contribution in [1.29, 1.82) is 0 Å². The van der Waals surface area contributed by atoms with Gasteiger partial charge >= 0.3 is 0 Å². The van der Waals surface area contributed by atoms with Crippen LogP contribution in [0.25, 0.3) is 0 Å². The number of hydrogen-bond acceptors (Lipinski definition) is 6. The van der Waals surface area contributed by atoms with E-state index in [1.807, 2.05) is 13.0 Å². The zero-order valence-electron chi connectivity index (χ0n) is 10.3. The van der Waals surface area contributed by atoms with Gasteiger partial charge in [-0.1, -0.05) is 23.0 Å². The smallest absolute Gasteiger partial charge is 0.189 e. The molecule has 0 amide bonds. The van der Waals surface area contributed by atoms with E-state index >= 15 is 0 Å². The van der Waals surface area contributed by atoms with Crippen LogP contribution in [0.2, 0.25) is 0 Å². The topological polar surface area (TPSA) is 97.3 Å². The molecule has 0 saturated heterocycles. The van der Waals surface area contributed by atoms with E-state index in [0.29, 0.717) is 16.6 Å². The van der Waals surface area contributed by atoms with E-state index in [4.69, 9.17) is 10.9 Å². The Morgan fingerprint density at radius 2 is 2.11 bits per heavy atom. The van der Waals surface area contributed by atoms with Gasteiger partial charge in [-0.2, -0.15) is 0 Å². The molecule has 0 atom stereocenters. The minimum Gasteiger partial charge on any atom is -0.409 e. The molecule has 0 spiro atoms. The molecule has 0 unspecified atom stereocenters. The normalized spacial score (nSPS) is 11.5. The van der Waals surface area contributed by atoms with Gasteiger partial charge in [-0.25, -0.2) is 9.97 Å². The quantitative estimate of drug-likeness (QED) is 0.219. The van der Waals surface area contributed by atoms with Crippen molar-refractivity contribution in [3.63, 3.8) is 0 Å². The van der Waals surface area contributed by atoms with Crippen LogP contribution in [-0.2, 0) is 5.75 Å². The Morgan fingerprint density at radius 1 is 1.37 bits per heavy atom. The van der Waals surface area contributed by atoms with Crippen LogP contribution in [0.15, 0.2) is 41.0 Å². The summed E-state index contributed by atoms with van der Waals surface area (Å²) in [5.74, 6) is 0.601. The molecule has 0 aliphatic rings. The fourth-order valence-corrected chi connectivity index (χ4v) is 2.20. The Hall–Kier alpha value is -2.15. The van der Waals surface area contributed by atoms with E-state index in [2.05, 4.69) is 20.1 Å². The largest absolute Gasteiger partial charge is 0.409 e. The summed E-state index contributed by atoms with van der Waals surface area (Å²) in [7, 11) is 0. The molecule has 98 valence electrons. The highest BCUT2D eigenvalue weighted by molar-refractivity contribution is 7.98. The predicted molar refractivity (Wildman–Crippen MR) is 73.1 cm³/mol. The molecule has 7 heteroatoms. The molecule has 2 heterocycles. The number of nitrogens with zero attached hydrogens (tertiary/aromatic N) is 4. The number of thioether (sulfide) groups is 1. The van der Waals surface area contributed by atoms with Crippen LogP contribution in [0, 0.1) is 6.92 Å². The van der Waals surface area contributed by atoms with Gasteiger partial charge in [-0.15, -0.1) is 0 Å². The zero-order valence-corrected chi connectivity index (χ0v) is 11.1. The number of rotatable bonds is 4. The van der Waals surface area contributed by atoms with Crippen LogP contribution < -0.4 is 5.73 Å². The van der Waals surface area contributed by atoms with Crippen molar-refractivity contribution in [3.8, 4) is 0 Å². The molecule has 19 heavy (non-hydrogen) atoms. The Bertz CT molecular complexity index is 585. The molecule has 2 aromatic rings. The molecule has 0 fully saturated rings. The maximum absolute atomic E-state index is 8.72. The maximum Gasteiger partial charge on any atom is 0.189 e. The molecule has 0 aliphatic carbocycles. The lowest BCUT2D eigenvalue weighted by molar-refractivity contribution is 0.318. The third kappa shape index (κ3) is 3.41. The van der Waals surface area contributed by atoms with Crippen molar-refractivity contribution in [3.05, 3.63) is 47.5 Å². The van der Waals surface area contributed by atoms with Gasteiger partial charge in [-0.05, 0) is 24.1 Å². The minimum atomic E-state index is 0.000949. The fraction of sp³-hybridized carbons (Fsp3) is 0.167. The SMILES string of the molecule is Cc1cnc(SCc2cccnc2/C(N)=N/O)nc1. The standard InChI is InChI=1S/C12H13N5OS/c1-8-5-15-12(16-6-8)19-7-9-3-2-4-14-10(9)11(13)17-18/h2-6,18H,7H2,1H3,(H2,13,17). The molecule has 0 aliphatic heterocycles. The Morgan fingerprint density at radius 3 is 2.79 bits per heavy atom. The molecule has 0 bridgehead atoms. The van der Waals surface area contributed by atoms with Gasteiger partial charge < -0.3 is 10.9 Å². The molecule has 3 N–H and O–H groups in total. The number of hydrogen-bond donors (Lipinski definition) is 2. The van der Waals surface area contributed by atoms with Crippen molar-refractivity contribution in [2.45, 2.75) is 17.8 Å². The Balaban J connectivity index is 2.13. The number of oxime groups is 1. The van der Waals surface area contributed by atoms with E-state index in [1.54, 1.807) is 24.7 Å². The van der Waals surface area contributed by atoms with Gasteiger partial charge in [0.1, 0.15) is 5.69 Å². The number of nitrogens with two attached hydrogens (primary N) is 1. The lowest BCUT2D eigenvalue weighted by Gasteiger charge is -2.06. The van der Waals surface area contributed by atoms with Gasteiger partial charge in [-0.3, -0.25) is 4.98 Å². The van der Waals surface area contributed by atoms with E-state index in [1.165, 1.54) is 11.8 Å². The highest BCUT2D eigenvalue weighted by atomic mass is 32.2. The van der Waals surface area contributed by atoms with Gasteiger partial charge in [0.05, 0.1) is 0 Å². The third-order valence-electron chi connectivity index (χ3n) is 2.36. The number of aromatic nitrogens is 3. The second-order valence-corrected chi connectivity index (χ2v) is 4.77. The fourth-order valence-electron chi connectivity index (χ4n) is 1.43. The van der Waals surface area contributed by atoms with Crippen molar-refractivity contribution in [2.75, 3.05) is 0 Å². The summed E-state index contributed by atoms with van der Waals surface area (Å²) in [6, 6.07) is 3.68. The first-order chi connectivity index (χ1) is 9.20. The van der Waals surface area contributed by atoms with Crippen molar-refractivity contribution >= 4 is 17.6 Å². The summed E-state index contributed by atoms with van der Waals surface area (Å²) in [5.41, 5.74) is 7.94. The third-order valence-corrected chi connectivity index (χ3v) is 3.28. The minimum absolute atomic E-state index is 0.000949. The van der Waals surface area contributed by atoms with Crippen LogP contribution >= 0.6 is 11.8 Å². The van der Waals surface area contributed by atoms with E-state index in [0.717, 1.165) is 11.1 Å². The molecular formula is C12H13N5OS. The molecular weight excluding hydrogens is 262 g/mol. The van der Waals surface area contributed by atoms with E-state index < -0.39 is 0 Å². The van der Waals surface area contributed by atoms with Crippen molar-refractivity contribution in [1.82, 2.24) is 15.0 Å². The highest BCUT2D eigenvalue weighted by Crippen LogP contribution is 2.20. The Kier molecular flexibility index (Phi) is 4.30. The lowest BCUT2D eigenvalue weighted by atomic mass is 10.2. The molecule has 0 aromatic carbocycles. The van der Waals surface area contributed by atoms with Crippen LogP contribution in [-0.4, -0.2) is 26.0 Å².